The van der Waals surface area contributed by atoms with Crippen LogP contribution in [0.15, 0.2) is 24.3 Å². The largest absolute Gasteiger partial charge is 0.0839 e. The Labute approximate surface area is 74.9 Å². The lowest BCUT2D eigenvalue weighted by molar-refractivity contribution is 1.32. The van der Waals surface area contributed by atoms with Crippen LogP contribution in [-0.4, -0.2) is 0 Å². The van der Waals surface area contributed by atoms with Gasteiger partial charge >= 0.3 is 0 Å². The molecule has 63 valence electrons. The molecule has 0 atom stereocenters. The zero-order valence-electron chi connectivity index (χ0n) is 7.80. The van der Waals surface area contributed by atoms with Crippen LogP contribution in [0.5, 0.6) is 0 Å². The van der Waals surface area contributed by atoms with E-state index in [0.717, 1.165) is 6.42 Å². The molecule has 0 amide bonds. The molecule has 1 aromatic carbocycles. The van der Waals surface area contributed by atoms with Crippen molar-refractivity contribution >= 4 is 6.08 Å². The molecule has 0 aliphatic carbocycles. The summed E-state index contributed by atoms with van der Waals surface area (Å²) in [6.07, 6.45) is 5.07. The Morgan fingerprint density at radius 3 is 2.75 bits per heavy atom. The van der Waals surface area contributed by atoms with Gasteiger partial charge in [0.15, 0.2) is 0 Å². The van der Waals surface area contributed by atoms with Crippen LogP contribution >= 0.6 is 0 Å². The molecule has 0 saturated heterocycles. The van der Waals surface area contributed by atoms with Crippen molar-refractivity contribution in [1.82, 2.24) is 0 Å². The van der Waals surface area contributed by atoms with E-state index in [1.807, 2.05) is 0 Å². The minimum absolute atomic E-state index is 0.855. The van der Waals surface area contributed by atoms with Gasteiger partial charge < -0.3 is 0 Å². The predicted molar refractivity (Wildman–Crippen MR) is 54.9 cm³/mol. The molecule has 0 fully saturated rings. The van der Waals surface area contributed by atoms with Crippen molar-refractivity contribution in [3.8, 4) is 0 Å². The molecule has 0 heteroatoms. The summed E-state index contributed by atoms with van der Waals surface area (Å²) in [4.78, 5) is 0. The highest BCUT2D eigenvalue weighted by molar-refractivity contribution is 5.55. The Morgan fingerprint density at radius 2 is 2.08 bits per heavy atom. The number of hydrogen-bond acceptors (Lipinski definition) is 0. The highest BCUT2D eigenvalue weighted by atomic mass is 14.0. The van der Waals surface area contributed by atoms with Crippen LogP contribution in [0.4, 0.5) is 0 Å². The molecule has 0 aromatic heterocycles. The number of allylic oxidation sites excluding steroid dienone is 1. The topological polar surface area (TPSA) is 0 Å². The average molecular weight is 159 g/mol. The zero-order chi connectivity index (χ0) is 8.97. The molecular formula is C12H15. The zero-order valence-corrected chi connectivity index (χ0v) is 7.80. The van der Waals surface area contributed by atoms with Gasteiger partial charge in [-0.05, 0) is 43.9 Å². The van der Waals surface area contributed by atoms with Crippen LogP contribution in [0.3, 0.4) is 0 Å². The lowest BCUT2D eigenvalue weighted by Crippen LogP contribution is -1.84. The fourth-order valence-corrected chi connectivity index (χ4v) is 1.16. The first kappa shape index (κ1) is 9.05. The van der Waals surface area contributed by atoms with Gasteiger partial charge in [-0.3, -0.25) is 0 Å². The smallest absolute Gasteiger partial charge is 0.0228 e. The van der Waals surface area contributed by atoms with Gasteiger partial charge in [-0.15, -0.1) is 0 Å². The van der Waals surface area contributed by atoms with E-state index < -0.39 is 0 Å². The van der Waals surface area contributed by atoms with E-state index in [-0.39, 0.29) is 0 Å². The van der Waals surface area contributed by atoms with Gasteiger partial charge in [-0.1, -0.05) is 30.4 Å². The normalized spacial score (nSPS) is 10.9. The van der Waals surface area contributed by atoms with Gasteiger partial charge in [0.05, 0.1) is 0 Å². The van der Waals surface area contributed by atoms with E-state index in [4.69, 9.17) is 0 Å². The van der Waals surface area contributed by atoms with E-state index in [1.54, 1.807) is 0 Å². The molecule has 0 N–H and O–H groups in total. The van der Waals surface area contributed by atoms with E-state index in [0.29, 0.717) is 0 Å². The summed E-state index contributed by atoms with van der Waals surface area (Å²) < 4.78 is 0. The monoisotopic (exact) mass is 159 g/mol. The fraction of sp³-hybridized carbons (Fsp3) is 0.250. The van der Waals surface area contributed by atoms with Crippen LogP contribution in [0.25, 0.3) is 6.08 Å². The van der Waals surface area contributed by atoms with E-state index in [9.17, 15) is 0 Å². The molecule has 0 heterocycles. The van der Waals surface area contributed by atoms with Gasteiger partial charge in [-0.25, -0.2) is 0 Å². The minimum Gasteiger partial charge on any atom is -0.0839 e. The van der Waals surface area contributed by atoms with Crippen molar-refractivity contribution in [3.63, 3.8) is 0 Å². The molecule has 0 aliphatic rings. The van der Waals surface area contributed by atoms with Crippen LogP contribution < -0.4 is 0 Å². The minimum atomic E-state index is 0.855. The first-order chi connectivity index (χ1) is 5.75. The maximum atomic E-state index is 3.77. The van der Waals surface area contributed by atoms with Crippen molar-refractivity contribution in [1.29, 1.82) is 0 Å². The van der Waals surface area contributed by atoms with Crippen LogP contribution in [-0.2, 0) is 0 Å². The lowest BCUT2D eigenvalue weighted by atomic mass is 10.0. The van der Waals surface area contributed by atoms with Crippen molar-refractivity contribution in [2.24, 2.45) is 0 Å². The maximum absolute atomic E-state index is 3.77. The summed E-state index contributed by atoms with van der Waals surface area (Å²) in [6.45, 7) is 8.05. The quantitative estimate of drug-likeness (QED) is 0.619. The van der Waals surface area contributed by atoms with Crippen LogP contribution in [0.1, 0.15) is 23.1 Å². The maximum Gasteiger partial charge on any atom is -0.0228 e. The predicted octanol–water partition coefficient (Wildman–Crippen LogP) is 3.54. The summed E-state index contributed by atoms with van der Waals surface area (Å²) in [7, 11) is 0. The first-order valence-electron chi connectivity index (χ1n) is 4.27. The first-order valence-corrected chi connectivity index (χ1v) is 4.27. The van der Waals surface area contributed by atoms with E-state index in [2.05, 4.69) is 51.1 Å². The van der Waals surface area contributed by atoms with E-state index >= 15 is 0 Å². The molecule has 0 unspecified atom stereocenters. The van der Waals surface area contributed by atoms with Gasteiger partial charge in [-0.2, -0.15) is 0 Å². The second-order valence-electron chi connectivity index (χ2n) is 2.98. The number of aryl methyl sites for hydroxylation is 1. The van der Waals surface area contributed by atoms with Crippen LogP contribution in [0.2, 0.25) is 0 Å². The van der Waals surface area contributed by atoms with Crippen molar-refractivity contribution < 1.29 is 0 Å². The number of rotatable bonds is 2. The highest BCUT2D eigenvalue weighted by Gasteiger charge is 1.94. The number of benzene rings is 1. The molecule has 0 nitrogen and oxygen atoms in total. The third-order valence-corrected chi connectivity index (χ3v) is 2.11. The Bertz CT molecular complexity index is 282. The Morgan fingerprint density at radius 1 is 1.33 bits per heavy atom. The summed E-state index contributed by atoms with van der Waals surface area (Å²) in [5, 5.41) is 0. The molecule has 12 heavy (non-hydrogen) atoms. The highest BCUT2D eigenvalue weighted by Crippen LogP contribution is 2.14. The average Bonchev–Trinajstić information content (AvgIpc) is 2.08. The Balaban J connectivity index is 3.00. The standard InChI is InChI=1S/C12H15/c1-4-5-8-12-9-6-7-10(2)11(12)3/h5-9H,1,4H2,2-3H3. The number of hydrogen-bond donors (Lipinski definition) is 0. The van der Waals surface area contributed by atoms with Crippen molar-refractivity contribution in [2.45, 2.75) is 20.3 Å². The third kappa shape index (κ3) is 1.97. The second kappa shape index (κ2) is 4.10. The molecule has 1 radical (unpaired) electrons. The van der Waals surface area contributed by atoms with E-state index in [1.165, 1.54) is 16.7 Å². The second-order valence-corrected chi connectivity index (χ2v) is 2.98. The Kier molecular flexibility index (Phi) is 3.09. The summed E-state index contributed by atoms with van der Waals surface area (Å²) in [5.41, 5.74) is 4.02. The van der Waals surface area contributed by atoms with Gasteiger partial charge in [0.25, 0.3) is 0 Å². The fourth-order valence-electron chi connectivity index (χ4n) is 1.16. The molecule has 1 rings (SSSR count). The van der Waals surface area contributed by atoms with Crippen molar-refractivity contribution in [2.75, 3.05) is 0 Å². The third-order valence-electron chi connectivity index (χ3n) is 2.11. The van der Waals surface area contributed by atoms with Gasteiger partial charge in [0.1, 0.15) is 0 Å². The van der Waals surface area contributed by atoms with Gasteiger partial charge in [0, 0.05) is 0 Å². The SMILES string of the molecule is [CH2]CC=Cc1cccc(C)c1C. The molecular weight excluding hydrogens is 144 g/mol. The molecule has 0 bridgehead atoms. The van der Waals surface area contributed by atoms with Crippen LogP contribution in [0, 0.1) is 20.8 Å². The molecule has 1 aromatic rings. The summed E-state index contributed by atoms with van der Waals surface area (Å²) in [6, 6.07) is 6.36. The summed E-state index contributed by atoms with van der Waals surface area (Å²) in [5.74, 6) is 0. The lowest BCUT2D eigenvalue weighted by Gasteiger charge is -2.02. The summed E-state index contributed by atoms with van der Waals surface area (Å²) >= 11 is 0. The molecule has 0 aliphatic heterocycles. The van der Waals surface area contributed by atoms with Crippen molar-refractivity contribution in [3.05, 3.63) is 47.9 Å². The molecule has 0 saturated carbocycles. The molecule has 0 spiro atoms. The Hall–Kier alpha value is -1.04. The van der Waals surface area contributed by atoms with Gasteiger partial charge in [0.2, 0.25) is 0 Å².